The molecule has 2 heterocycles. The van der Waals surface area contributed by atoms with E-state index < -0.39 is 0 Å². The lowest BCUT2D eigenvalue weighted by Gasteiger charge is -2.11. The minimum absolute atomic E-state index is 0.0530. The van der Waals surface area contributed by atoms with E-state index in [1.54, 1.807) is 0 Å². The third-order valence-electron chi connectivity index (χ3n) is 7.39. The zero-order chi connectivity index (χ0) is 30.5. The number of hydrogen-bond acceptors (Lipinski definition) is 8. The third kappa shape index (κ3) is 12.4. The Bertz CT molecular complexity index is 1200. The van der Waals surface area contributed by atoms with Crippen LogP contribution in [0, 0.1) is 0 Å². The van der Waals surface area contributed by atoms with Crippen molar-refractivity contribution in [3.05, 3.63) is 30.1 Å². The van der Waals surface area contributed by atoms with E-state index in [4.69, 9.17) is 24.9 Å². The van der Waals surface area contributed by atoms with Gasteiger partial charge in [-0.3, -0.25) is 4.79 Å². The average molecular weight is 599 g/mol. The molecule has 0 atom stereocenters. The molecule has 0 spiro atoms. The molecule has 0 aliphatic carbocycles. The highest BCUT2D eigenvalue weighted by Gasteiger charge is 2.16. The number of pyridine rings is 1. The van der Waals surface area contributed by atoms with E-state index in [1.807, 2.05) is 12.1 Å². The van der Waals surface area contributed by atoms with Crippen LogP contribution in [0.25, 0.3) is 21.9 Å². The fourth-order valence-electron chi connectivity index (χ4n) is 5.01. The number of carbonyl (C=O) groups excluding carboxylic acids is 1. The number of ether oxygens (including phenoxy) is 3. The lowest BCUT2D eigenvalue weighted by Crippen LogP contribution is -2.25. The van der Waals surface area contributed by atoms with Gasteiger partial charge in [-0.05, 0) is 51.3 Å². The second-order valence-electron chi connectivity index (χ2n) is 10.9. The van der Waals surface area contributed by atoms with Crippen molar-refractivity contribution in [3.8, 4) is 0 Å². The monoisotopic (exact) mass is 598 g/mol. The first kappa shape index (κ1) is 34.7. The van der Waals surface area contributed by atoms with Gasteiger partial charge in [0.25, 0.3) is 0 Å². The first-order valence-electron chi connectivity index (χ1n) is 16.4. The molecule has 0 fully saturated rings. The number of unbranched alkanes of at least 4 members (excludes halogenated alkanes) is 4. The minimum atomic E-state index is 0.0530. The molecule has 10 nitrogen and oxygen atoms in total. The van der Waals surface area contributed by atoms with Gasteiger partial charge in [-0.15, -0.1) is 0 Å². The Labute approximate surface area is 257 Å². The highest BCUT2D eigenvalue weighted by Crippen LogP contribution is 2.29. The molecule has 240 valence electrons. The predicted molar refractivity (Wildman–Crippen MR) is 174 cm³/mol. The van der Waals surface area contributed by atoms with E-state index in [2.05, 4.69) is 46.2 Å². The number of nitrogens with two attached hydrogens (primary N) is 1. The van der Waals surface area contributed by atoms with Crippen molar-refractivity contribution >= 4 is 33.7 Å². The summed E-state index contributed by atoms with van der Waals surface area (Å²) in [6.45, 7) is 11.2. The first-order chi connectivity index (χ1) is 21.2. The highest BCUT2D eigenvalue weighted by atomic mass is 16.5. The Morgan fingerprint density at radius 3 is 2.30 bits per heavy atom. The molecular formula is C33H54N6O4. The number of para-hydroxylation sites is 1. The maximum atomic E-state index is 11.7. The fraction of sp³-hybridized carbons (Fsp3) is 0.667. The molecule has 0 saturated heterocycles. The summed E-state index contributed by atoms with van der Waals surface area (Å²) in [4.78, 5) is 21.2. The molecule has 1 aromatic carbocycles. The van der Waals surface area contributed by atoms with E-state index in [0.29, 0.717) is 51.9 Å². The first-order valence-corrected chi connectivity index (χ1v) is 16.4. The summed E-state index contributed by atoms with van der Waals surface area (Å²) in [5.41, 5.74) is 9.19. The molecule has 4 N–H and O–H groups in total. The van der Waals surface area contributed by atoms with Crippen molar-refractivity contribution in [2.75, 3.05) is 65.0 Å². The second kappa shape index (κ2) is 21.0. The average Bonchev–Trinajstić information content (AvgIpc) is 3.39. The zero-order valence-electron chi connectivity index (χ0n) is 26.5. The summed E-state index contributed by atoms with van der Waals surface area (Å²) in [6, 6.07) is 8.20. The molecule has 3 rings (SSSR count). The van der Waals surface area contributed by atoms with Crippen LogP contribution < -0.4 is 16.4 Å². The number of rotatable bonds is 25. The molecule has 3 aromatic rings. The van der Waals surface area contributed by atoms with Gasteiger partial charge in [0, 0.05) is 37.9 Å². The quantitative estimate of drug-likeness (QED) is 0.116. The molecule has 0 aliphatic rings. The number of nitrogen functional groups attached to an aromatic ring is 1. The maximum absolute atomic E-state index is 11.7. The van der Waals surface area contributed by atoms with Crippen LogP contribution >= 0.6 is 0 Å². The van der Waals surface area contributed by atoms with Crippen molar-refractivity contribution in [2.24, 2.45) is 0 Å². The van der Waals surface area contributed by atoms with Gasteiger partial charge in [0.1, 0.15) is 11.3 Å². The summed E-state index contributed by atoms with van der Waals surface area (Å²) in [5.74, 6) is 1.68. The van der Waals surface area contributed by atoms with Gasteiger partial charge in [-0.25, -0.2) is 9.97 Å². The summed E-state index contributed by atoms with van der Waals surface area (Å²) >= 11 is 0. The van der Waals surface area contributed by atoms with E-state index in [1.165, 1.54) is 0 Å². The molecule has 0 radical (unpaired) electrons. The number of benzene rings is 1. The Hall–Kier alpha value is -2.79. The Kier molecular flexibility index (Phi) is 16.9. The SMILES string of the molecule is CCCCCNC(=O)CCOCCOCCOCCCNCCCCn1c(CCCC)nc2c(N)nc3ccccc3c21. The van der Waals surface area contributed by atoms with Gasteiger partial charge < -0.3 is 35.1 Å². The standard InChI is InChI=1S/C33H54N6O4/c1-3-5-9-19-36-30(40)16-22-42-24-26-43-25-23-41-21-12-18-35-17-10-11-20-39-29(15-6-4-2)38-31-32(39)27-13-7-8-14-28(27)37-33(31)34/h7-8,13-14,35H,3-6,9-12,15-26H2,1-2H3,(H2,34,37)(H,36,40). The number of aryl methyl sites for hydroxylation is 2. The Morgan fingerprint density at radius 1 is 0.814 bits per heavy atom. The molecule has 0 bridgehead atoms. The summed E-state index contributed by atoms with van der Waals surface area (Å²) < 4.78 is 19.1. The van der Waals surface area contributed by atoms with Crippen LogP contribution in [-0.4, -0.2) is 79.7 Å². The molecule has 43 heavy (non-hydrogen) atoms. The summed E-state index contributed by atoms with van der Waals surface area (Å²) in [6.07, 6.45) is 10.1. The number of aromatic nitrogens is 3. The maximum Gasteiger partial charge on any atom is 0.222 e. The van der Waals surface area contributed by atoms with E-state index in [9.17, 15) is 4.79 Å². The van der Waals surface area contributed by atoms with Gasteiger partial charge in [0.05, 0.1) is 44.1 Å². The molecule has 0 unspecified atom stereocenters. The number of hydrogen-bond donors (Lipinski definition) is 3. The van der Waals surface area contributed by atoms with Crippen LogP contribution in [0.15, 0.2) is 24.3 Å². The molecular weight excluding hydrogens is 544 g/mol. The predicted octanol–water partition coefficient (Wildman–Crippen LogP) is 5.02. The second-order valence-corrected chi connectivity index (χ2v) is 10.9. The van der Waals surface area contributed by atoms with Crippen LogP contribution in [-0.2, 0) is 32.0 Å². The van der Waals surface area contributed by atoms with Crippen molar-refractivity contribution in [1.82, 2.24) is 25.2 Å². The molecule has 0 saturated carbocycles. The summed E-state index contributed by atoms with van der Waals surface area (Å²) in [5, 5.41) is 7.57. The molecule has 1 amide bonds. The number of imidazole rings is 1. The third-order valence-corrected chi connectivity index (χ3v) is 7.39. The molecule has 10 heteroatoms. The number of carbonyl (C=O) groups is 1. The molecule has 2 aromatic heterocycles. The van der Waals surface area contributed by atoms with E-state index >= 15 is 0 Å². The Balaban J connectivity index is 1.20. The van der Waals surface area contributed by atoms with Crippen LogP contribution in [0.5, 0.6) is 0 Å². The topological polar surface area (TPSA) is 126 Å². The smallest absolute Gasteiger partial charge is 0.222 e. The number of nitrogens with zero attached hydrogens (tertiary/aromatic N) is 3. The van der Waals surface area contributed by atoms with Crippen molar-refractivity contribution in [2.45, 2.75) is 84.6 Å². The lowest BCUT2D eigenvalue weighted by atomic mass is 10.2. The highest BCUT2D eigenvalue weighted by molar-refractivity contribution is 6.06. The van der Waals surface area contributed by atoms with Crippen molar-refractivity contribution < 1.29 is 19.0 Å². The fourth-order valence-corrected chi connectivity index (χ4v) is 5.01. The number of fused-ring (bicyclic) bond motifs is 3. The van der Waals surface area contributed by atoms with Crippen LogP contribution in [0.2, 0.25) is 0 Å². The number of nitrogens with one attached hydrogen (secondary N) is 2. The lowest BCUT2D eigenvalue weighted by molar-refractivity contribution is -0.122. The number of amides is 1. The normalized spacial score (nSPS) is 11.6. The van der Waals surface area contributed by atoms with Crippen LogP contribution in [0.3, 0.4) is 0 Å². The Morgan fingerprint density at radius 2 is 1.51 bits per heavy atom. The largest absolute Gasteiger partial charge is 0.382 e. The van der Waals surface area contributed by atoms with E-state index in [0.717, 1.165) is 112 Å². The van der Waals surface area contributed by atoms with Gasteiger partial charge in [0.15, 0.2) is 5.82 Å². The van der Waals surface area contributed by atoms with Gasteiger partial charge >= 0.3 is 0 Å². The van der Waals surface area contributed by atoms with Gasteiger partial charge in [-0.2, -0.15) is 0 Å². The van der Waals surface area contributed by atoms with Crippen molar-refractivity contribution in [3.63, 3.8) is 0 Å². The zero-order valence-corrected chi connectivity index (χ0v) is 26.5. The number of anilines is 1. The van der Waals surface area contributed by atoms with Crippen molar-refractivity contribution in [1.29, 1.82) is 0 Å². The molecule has 0 aliphatic heterocycles. The van der Waals surface area contributed by atoms with E-state index in [-0.39, 0.29) is 5.91 Å². The minimum Gasteiger partial charge on any atom is -0.382 e. The van der Waals surface area contributed by atoms with Crippen LogP contribution in [0.4, 0.5) is 5.82 Å². The summed E-state index contributed by atoms with van der Waals surface area (Å²) in [7, 11) is 0. The van der Waals surface area contributed by atoms with Gasteiger partial charge in [0.2, 0.25) is 5.91 Å². The van der Waals surface area contributed by atoms with Crippen LogP contribution in [0.1, 0.15) is 77.5 Å². The van der Waals surface area contributed by atoms with Gasteiger partial charge in [-0.1, -0.05) is 51.3 Å².